The lowest BCUT2D eigenvalue weighted by Gasteiger charge is -2.04. The number of para-hydroxylation sites is 1. The maximum atomic E-state index is 13.6. The molecule has 0 aliphatic carbocycles. The Kier molecular flexibility index (Phi) is 6.41. The lowest BCUT2D eigenvalue weighted by molar-refractivity contribution is 0.827. The second-order valence-corrected chi connectivity index (χ2v) is 10.3. The standard InChI is InChI=1S/C26H21ClN4OS2/c1-16-7-11-19(12-8-16)28-17(2)24-22(15-33-20-13-9-18(27)10-14-20)30-31(25(24)32)26-29-21-5-3-4-6-23(21)34-26/h3-14,30H,15H2,1-2H3. The predicted octanol–water partition coefficient (Wildman–Crippen LogP) is 7.17. The molecule has 5 aromatic rings. The average Bonchev–Trinajstić information content (AvgIpc) is 3.41. The highest BCUT2D eigenvalue weighted by Gasteiger charge is 2.20. The van der Waals surface area contributed by atoms with Gasteiger partial charge in [-0.15, -0.1) is 11.8 Å². The number of hydrogen-bond donors (Lipinski definition) is 1. The summed E-state index contributed by atoms with van der Waals surface area (Å²) in [5.74, 6) is 0.574. The van der Waals surface area contributed by atoms with Gasteiger partial charge in [0.2, 0.25) is 5.13 Å². The number of aromatic amines is 1. The molecule has 0 atom stereocenters. The monoisotopic (exact) mass is 504 g/mol. The molecule has 3 aromatic carbocycles. The molecule has 0 radical (unpaired) electrons. The molecule has 0 aliphatic rings. The molecular formula is C26H21ClN4OS2. The molecule has 5 rings (SSSR count). The molecule has 170 valence electrons. The molecule has 2 aromatic heterocycles. The molecule has 34 heavy (non-hydrogen) atoms. The smallest absolute Gasteiger partial charge is 0.282 e. The van der Waals surface area contributed by atoms with Gasteiger partial charge in [0.05, 0.1) is 32.9 Å². The van der Waals surface area contributed by atoms with E-state index in [0.717, 1.165) is 32.1 Å². The zero-order valence-electron chi connectivity index (χ0n) is 18.6. The number of fused-ring (bicyclic) bond motifs is 1. The third kappa shape index (κ3) is 4.73. The third-order valence-electron chi connectivity index (χ3n) is 5.33. The fourth-order valence-corrected chi connectivity index (χ4v) is 5.51. The maximum absolute atomic E-state index is 13.6. The van der Waals surface area contributed by atoms with Crippen LogP contribution in [-0.4, -0.2) is 20.5 Å². The van der Waals surface area contributed by atoms with Crippen molar-refractivity contribution in [2.24, 2.45) is 4.99 Å². The number of thioether (sulfide) groups is 1. The second kappa shape index (κ2) is 9.62. The number of thiazole rings is 1. The number of rotatable bonds is 6. The van der Waals surface area contributed by atoms with Crippen molar-refractivity contribution in [3.63, 3.8) is 0 Å². The quantitative estimate of drug-likeness (QED) is 0.197. The molecule has 0 unspecified atom stereocenters. The zero-order valence-corrected chi connectivity index (χ0v) is 21.0. The number of benzene rings is 3. The van der Waals surface area contributed by atoms with E-state index in [-0.39, 0.29) is 5.56 Å². The van der Waals surface area contributed by atoms with E-state index < -0.39 is 0 Å². The van der Waals surface area contributed by atoms with E-state index in [4.69, 9.17) is 16.6 Å². The van der Waals surface area contributed by atoms with Crippen molar-refractivity contribution in [2.75, 3.05) is 0 Å². The second-order valence-electron chi connectivity index (χ2n) is 7.85. The number of H-pyrrole nitrogens is 1. The van der Waals surface area contributed by atoms with E-state index in [1.54, 1.807) is 11.8 Å². The van der Waals surface area contributed by atoms with Crippen molar-refractivity contribution in [1.29, 1.82) is 0 Å². The number of halogens is 1. The molecule has 0 saturated heterocycles. The lowest BCUT2D eigenvalue weighted by atomic mass is 10.1. The molecule has 0 amide bonds. The van der Waals surface area contributed by atoms with E-state index in [2.05, 4.69) is 10.1 Å². The summed E-state index contributed by atoms with van der Waals surface area (Å²) in [6.07, 6.45) is 0. The van der Waals surface area contributed by atoms with E-state index >= 15 is 0 Å². The number of nitrogens with one attached hydrogen (secondary N) is 1. The number of aryl methyl sites for hydroxylation is 1. The molecule has 0 bridgehead atoms. The van der Waals surface area contributed by atoms with Crippen molar-refractivity contribution in [1.82, 2.24) is 14.8 Å². The van der Waals surface area contributed by atoms with Crippen molar-refractivity contribution < 1.29 is 0 Å². The minimum absolute atomic E-state index is 0.154. The largest absolute Gasteiger partial charge is 0.291 e. The Labute approximate surface area is 210 Å². The molecular weight excluding hydrogens is 484 g/mol. The summed E-state index contributed by atoms with van der Waals surface area (Å²) in [6, 6.07) is 23.5. The van der Waals surface area contributed by atoms with E-state index in [1.807, 2.05) is 86.6 Å². The number of aromatic nitrogens is 3. The van der Waals surface area contributed by atoms with Gasteiger partial charge in [0, 0.05) is 15.7 Å². The fourth-order valence-electron chi connectivity index (χ4n) is 3.61. The first kappa shape index (κ1) is 22.7. The van der Waals surface area contributed by atoms with Crippen LogP contribution < -0.4 is 5.56 Å². The van der Waals surface area contributed by atoms with Crippen LogP contribution in [0.3, 0.4) is 0 Å². The van der Waals surface area contributed by atoms with Crippen LogP contribution in [0.25, 0.3) is 15.3 Å². The van der Waals surface area contributed by atoms with Gasteiger partial charge in [-0.05, 0) is 62.4 Å². The van der Waals surface area contributed by atoms with E-state index in [0.29, 0.717) is 27.2 Å². The highest BCUT2D eigenvalue weighted by molar-refractivity contribution is 7.98. The first-order valence-corrected chi connectivity index (χ1v) is 12.9. The number of hydrogen-bond acceptors (Lipinski definition) is 5. The summed E-state index contributed by atoms with van der Waals surface area (Å²) in [4.78, 5) is 24.1. The fraction of sp³-hybridized carbons (Fsp3) is 0.115. The first-order chi connectivity index (χ1) is 16.5. The molecule has 1 N–H and O–H groups in total. The van der Waals surface area contributed by atoms with Gasteiger partial charge in [-0.2, -0.15) is 4.68 Å². The summed E-state index contributed by atoms with van der Waals surface area (Å²) < 4.78 is 2.56. The maximum Gasteiger partial charge on any atom is 0.282 e. The Hall–Kier alpha value is -3.13. The van der Waals surface area contributed by atoms with Gasteiger partial charge in [-0.1, -0.05) is 52.8 Å². The van der Waals surface area contributed by atoms with Crippen LogP contribution in [-0.2, 0) is 5.75 Å². The van der Waals surface area contributed by atoms with Crippen molar-refractivity contribution in [3.8, 4) is 5.13 Å². The van der Waals surface area contributed by atoms with Gasteiger partial charge in [0.15, 0.2) is 0 Å². The predicted molar refractivity (Wildman–Crippen MR) is 144 cm³/mol. The van der Waals surface area contributed by atoms with Crippen molar-refractivity contribution in [3.05, 3.63) is 105 Å². The molecule has 0 fully saturated rings. The molecule has 2 heterocycles. The molecule has 0 spiro atoms. The Morgan fingerprint density at radius 2 is 1.82 bits per heavy atom. The zero-order chi connectivity index (χ0) is 23.7. The summed E-state index contributed by atoms with van der Waals surface area (Å²) in [7, 11) is 0. The first-order valence-electron chi connectivity index (χ1n) is 10.7. The van der Waals surface area contributed by atoms with Gasteiger partial charge in [-0.3, -0.25) is 14.9 Å². The van der Waals surface area contributed by atoms with Gasteiger partial charge in [0.1, 0.15) is 0 Å². The topological polar surface area (TPSA) is 63.0 Å². The molecule has 5 nitrogen and oxygen atoms in total. The van der Waals surface area contributed by atoms with E-state index in [9.17, 15) is 4.79 Å². The summed E-state index contributed by atoms with van der Waals surface area (Å²) in [6.45, 7) is 3.92. The van der Waals surface area contributed by atoms with Crippen LogP contribution >= 0.6 is 34.7 Å². The summed E-state index contributed by atoms with van der Waals surface area (Å²) >= 11 is 9.14. The van der Waals surface area contributed by atoms with Gasteiger partial charge < -0.3 is 0 Å². The average molecular weight is 505 g/mol. The normalized spacial score (nSPS) is 11.9. The summed E-state index contributed by atoms with van der Waals surface area (Å²) in [5, 5.41) is 4.61. The SMILES string of the molecule is CC(=Nc1ccc(C)cc1)c1c(CSc2ccc(Cl)cc2)[nH]n(-c2nc3ccccc3s2)c1=O. The third-order valence-corrected chi connectivity index (χ3v) is 7.64. The Balaban J connectivity index is 1.57. The lowest BCUT2D eigenvalue weighted by Crippen LogP contribution is -2.19. The molecule has 0 saturated carbocycles. The number of aliphatic imine (C=N–C) groups is 1. The van der Waals surface area contributed by atoms with Crippen LogP contribution in [0.2, 0.25) is 5.02 Å². The molecule has 0 aliphatic heterocycles. The van der Waals surface area contributed by atoms with Crippen LogP contribution in [0.15, 0.2) is 87.5 Å². The Bertz CT molecular complexity index is 1510. The van der Waals surface area contributed by atoms with Crippen molar-refractivity contribution in [2.45, 2.75) is 24.5 Å². The van der Waals surface area contributed by atoms with Crippen molar-refractivity contribution >= 4 is 56.3 Å². The Morgan fingerprint density at radius 3 is 2.56 bits per heavy atom. The van der Waals surface area contributed by atoms with Crippen LogP contribution in [0, 0.1) is 6.92 Å². The van der Waals surface area contributed by atoms with Crippen LogP contribution in [0.4, 0.5) is 5.69 Å². The highest BCUT2D eigenvalue weighted by Crippen LogP contribution is 2.27. The highest BCUT2D eigenvalue weighted by atomic mass is 35.5. The van der Waals surface area contributed by atoms with Crippen LogP contribution in [0.1, 0.15) is 23.7 Å². The van der Waals surface area contributed by atoms with Gasteiger partial charge in [-0.25, -0.2) is 4.98 Å². The Morgan fingerprint density at radius 1 is 1.09 bits per heavy atom. The van der Waals surface area contributed by atoms with Gasteiger partial charge in [0.25, 0.3) is 5.56 Å². The number of nitrogens with zero attached hydrogens (tertiary/aromatic N) is 3. The minimum Gasteiger partial charge on any atom is -0.291 e. The summed E-state index contributed by atoms with van der Waals surface area (Å²) in [5.41, 5.74) is 4.73. The van der Waals surface area contributed by atoms with Crippen LogP contribution in [0.5, 0.6) is 0 Å². The van der Waals surface area contributed by atoms with Gasteiger partial charge >= 0.3 is 0 Å². The van der Waals surface area contributed by atoms with E-state index in [1.165, 1.54) is 16.0 Å². The minimum atomic E-state index is -0.154. The molecule has 8 heteroatoms.